The van der Waals surface area contributed by atoms with Crippen molar-refractivity contribution in [2.75, 3.05) is 19.0 Å². The number of unbranched alkanes of at least 4 members (excludes halogenated alkanes) is 7. The van der Waals surface area contributed by atoms with Gasteiger partial charge >= 0.3 is 29.6 Å². The molecule has 0 bridgehead atoms. The second-order valence-electron chi connectivity index (χ2n) is 7.21. The van der Waals surface area contributed by atoms with Crippen LogP contribution in [0, 0.1) is 0 Å². The molecule has 0 unspecified atom stereocenters. The van der Waals surface area contributed by atoms with E-state index in [-0.39, 0.29) is 49.0 Å². The van der Waals surface area contributed by atoms with E-state index in [1.54, 1.807) is 0 Å². The van der Waals surface area contributed by atoms with Crippen molar-refractivity contribution in [3.63, 3.8) is 0 Å². The van der Waals surface area contributed by atoms with Crippen molar-refractivity contribution in [2.45, 2.75) is 95.5 Å². The number of carbonyl (C=O) groups excluding carboxylic acids is 1. The zero-order valence-corrected chi connectivity index (χ0v) is 21.5. The summed E-state index contributed by atoms with van der Waals surface area (Å²) in [4.78, 5) is 11.7. The van der Waals surface area contributed by atoms with Gasteiger partial charge in [-0.05, 0) is 12.8 Å². The number of hydrogen-bond acceptors (Lipinski definition) is 10. The van der Waals surface area contributed by atoms with Crippen LogP contribution in [0.25, 0.3) is 0 Å². The first-order valence-electron chi connectivity index (χ1n) is 10.4. The van der Waals surface area contributed by atoms with Gasteiger partial charge in [-0.1, -0.05) is 51.9 Å². The second-order valence-corrected chi connectivity index (χ2v) is 8.73. The molecule has 0 fully saturated rings. The zero-order chi connectivity index (χ0) is 23.6. The van der Waals surface area contributed by atoms with Gasteiger partial charge in [0.05, 0.1) is 16.7 Å². The molecule has 0 saturated carbocycles. The van der Waals surface area contributed by atoms with E-state index in [0.29, 0.717) is 6.42 Å². The first kappa shape index (κ1) is 35.9. The van der Waals surface area contributed by atoms with Gasteiger partial charge in [-0.15, -0.1) is 0 Å². The van der Waals surface area contributed by atoms with Crippen LogP contribution in [-0.4, -0.2) is 92.8 Å². The number of hydrogen-bond donors (Lipinski definition) is 6. The van der Waals surface area contributed by atoms with E-state index < -0.39 is 52.7 Å². The molecule has 0 aliphatic rings. The summed E-state index contributed by atoms with van der Waals surface area (Å²) in [6.45, 7) is 1.17. The molecule has 0 aromatic heterocycles. The Kier molecular flexibility index (Phi) is 25.7. The Labute approximate surface area is 207 Å². The number of ketones is 1. The Morgan fingerprint density at radius 3 is 1.71 bits per heavy atom. The van der Waals surface area contributed by atoms with Crippen LogP contribution < -0.4 is 29.6 Å². The van der Waals surface area contributed by atoms with Crippen LogP contribution in [0.5, 0.6) is 0 Å². The number of aliphatic hydroxyl groups is 6. The minimum absolute atomic E-state index is 0. The van der Waals surface area contributed by atoms with Gasteiger partial charge in [-0.3, -0.25) is 4.79 Å². The van der Waals surface area contributed by atoms with Crippen LogP contribution >= 0.6 is 0 Å². The molecule has 4 atom stereocenters. The predicted molar refractivity (Wildman–Crippen MR) is 110 cm³/mol. The molecule has 0 radical (unpaired) electrons. The SMILES string of the molecule is CCCCCCCCCCC(=O)[C@H](O)[C@@H](O)[C@H](O)[C@H](O)CO.O=S(=O)([O-])CCCO.[Na+]. The summed E-state index contributed by atoms with van der Waals surface area (Å²) in [6.07, 6.45) is 1.93. The Morgan fingerprint density at radius 2 is 1.32 bits per heavy atom. The van der Waals surface area contributed by atoms with Gasteiger partial charge < -0.3 is 35.2 Å². The molecule has 0 aliphatic heterocycles. The molecule has 182 valence electrons. The summed E-state index contributed by atoms with van der Waals surface area (Å²) in [6, 6.07) is 0. The van der Waals surface area contributed by atoms with Crippen LogP contribution in [0.4, 0.5) is 0 Å². The third-order valence-electron chi connectivity index (χ3n) is 4.41. The van der Waals surface area contributed by atoms with Gasteiger partial charge in [-0.25, -0.2) is 8.42 Å². The monoisotopic (exact) mass is 482 g/mol. The normalized spacial score (nSPS) is 15.1. The Balaban J connectivity index is -0.000000739. The molecule has 0 saturated heterocycles. The van der Waals surface area contributed by atoms with Crippen molar-refractivity contribution in [2.24, 2.45) is 0 Å². The molecule has 6 N–H and O–H groups in total. The smallest absolute Gasteiger partial charge is 0.748 e. The Hall–Kier alpha value is 0.340. The number of Topliss-reactive ketones (excluding diaryl/α,β-unsaturated/α-hetero) is 1. The molecule has 0 aliphatic carbocycles. The van der Waals surface area contributed by atoms with E-state index in [1.165, 1.54) is 25.7 Å². The standard InChI is InChI=1S/C16H32O6.C3H8O4S.Na/c1-2-3-4-5-6-7-8-9-10-12(18)14(20)16(22)15(21)13(19)11-17;4-2-1-3-8(5,6)7;/h13-17,19-22H,2-11H2,1H3;4H,1-3H2,(H,5,6,7);/q;;+1/p-1/t13-,14+,15-,16-;;/m1../s1. The summed E-state index contributed by atoms with van der Waals surface area (Å²) < 4.78 is 29.2. The first-order valence-corrected chi connectivity index (χ1v) is 12.0. The van der Waals surface area contributed by atoms with Gasteiger partial charge in [0, 0.05) is 18.8 Å². The van der Waals surface area contributed by atoms with Crippen molar-refractivity contribution in [1.82, 2.24) is 0 Å². The second kappa shape index (κ2) is 22.1. The summed E-state index contributed by atoms with van der Waals surface area (Å²) >= 11 is 0. The molecule has 12 heteroatoms. The number of rotatable bonds is 17. The zero-order valence-electron chi connectivity index (χ0n) is 18.7. The molecule has 0 amide bonds. The first-order chi connectivity index (χ1) is 14.0. The molecule has 0 heterocycles. The molecule has 0 aromatic carbocycles. The van der Waals surface area contributed by atoms with E-state index in [2.05, 4.69) is 6.92 Å². The van der Waals surface area contributed by atoms with Crippen molar-refractivity contribution < 1.29 is 78.0 Å². The quantitative estimate of drug-likeness (QED) is 0.0686. The molecule has 0 rings (SSSR count). The van der Waals surface area contributed by atoms with E-state index in [4.69, 9.17) is 10.2 Å². The van der Waals surface area contributed by atoms with E-state index in [0.717, 1.165) is 19.3 Å². The van der Waals surface area contributed by atoms with Gasteiger partial charge in [0.1, 0.15) is 24.4 Å². The molecule has 10 nitrogen and oxygen atoms in total. The molecule has 0 aromatic rings. The molecule has 31 heavy (non-hydrogen) atoms. The van der Waals surface area contributed by atoms with Gasteiger partial charge in [-0.2, -0.15) is 0 Å². The molecular weight excluding hydrogens is 443 g/mol. The van der Waals surface area contributed by atoms with E-state index in [1.807, 2.05) is 0 Å². The minimum Gasteiger partial charge on any atom is -0.748 e. The van der Waals surface area contributed by atoms with Gasteiger partial charge in [0.25, 0.3) is 0 Å². The summed E-state index contributed by atoms with van der Waals surface area (Å²) in [7, 11) is -4.10. The Morgan fingerprint density at radius 1 is 0.839 bits per heavy atom. The van der Waals surface area contributed by atoms with Gasteiger partial charge in [0.2, 0.25) is 0 Å². The maximum atomic E-state index is 11.7. The molecule has 0 spiro atoms. The van der Waals surface area contributed by atoms with Crippen LogP contribution in [0.3, 0.4) is 0 Å². The number of aliphatic hydroxyl groups excluding tert-OH is 6. The summed E-state index contributed by atoms with van der Waals surface area (Å²) in [5.41, 5.74) is 0. The minimum atomic E-state index is -4.10. The van der Waals surface area contributed by atoms with E-state index in [9.17, 15) is 38.2 Å². The molecular formula is C19H39NaO10S. The number of carbonyl (C=O) groups is 1. The van der Waals surface area contributed by atoms with Crippen LogP contribution in [0.1, 0.15) is 71.1 Å². The van der Waals surface area contributed by atoms with Crippen LogP contribution in [-0.2, 0) is 14.9 Å². The van der Waals surface area contributed by atoms with E-state index >= 15 is 0 Å². The van der Waals surface area contributed by atoms with Gasteiger partial charge in [0.15, 0.2) is 5.78 Å². The predicted octanol–water partition coefficient (Wildman–Crippen LogP) is -3.56. The summed E-state index contributed by atoms with van der Waals surface area (Å²) in [5.74, 6) is -1.02. The van der Waals surface area contributed by atoms with Crippen LogP contribution in [0.15, 0.2) is 0 Å². The maximum absolute atomic E-state index is 11.7. The topological polar surface area (TPSA) is 196 Å². The fourth-order valence-corrected chi connectivity index (χ4v) is 3.02. The third kappa shape index (κ3) is 21.9. The summed E-state index contributed by atoms with van der Waals surface area (Å²) in [5, 5.41) is 54.6. The van der Waals surface area contributed by atoms with Crippen molar-refractivity contribution in [1.29, 1.82) is 0 Å². The van der Waals surface area contributed by atoms with Crippen molar-refractivity contribution in [3.05, 3.63) is 0 Å². The largest absolute Gasteiger partial charge is 1.00 e. The average molecular weight is 483 g/mol. The van der Waals surface area contributed by atoms with Crippen molar-refractivity contribution in [3.8, 4) is 0 Å². The maximum Gasteiger partial charge on any atom is 1.00 e. The third-order valence-corrected chi connectivity index (χ3v) is 5.20. The average Bonchev–Trinajstić information content (AvgIpc) is 2.71. The fourth-order valence-electron chi connectivity index (χ4n) is 2.54. The fraction of sp³-hybridized carbons (Fsp3) is 0.947. The van der Waals surface area contributed by atoms with Crippen LogP contribution in [0.2, 0.25) is 0 Å². The Bertz CT molecular complexity index is 518. The van der Waals surface area contributed by atoms with Crippen molar-refractivity contribution >= 4 is 15.9 Å².